The van der Waals surface area contributed by atoms with Crippen molar-refractivity contribution in [2.24, 2.45) is 0 Å². The van der Waals surface area contributed by atoms with Crippen molar-refractivity contribution in [2.45, 2.75) is 25.3 Å². The number of nitrogens with zero attached hydrogens (tertiary/aromatic N) is 1. The van der Waals surface area contributed by atoms with Gasteiger partial charge < -0.3 is 10.4 Å². The molecule has 1 aromatic rings. The predicted molar refractivity (Wildman–Crippen MR) is 72.6 cm³/mol. The van der Waals surface area contributed by atoms with Crippen molar-refractivity contribution in [1.29, 1.82) is 0 Å². The molecule has 0 bridgehead atoms. The number of carboxylic acids is 1. The number of hydrogen-bond acceptors (Lipinski definition) is 2. The molecule has 2 rings (SSSR count). The lowest BCUT2D eigenvalue weighted by Crippen LogP contribution is -2.47. The minimum absolute atomic E-state index is 0.202. The van der Waals surface area contributed by atoms with Crippen LogP contribution >= 0.6 is 11.6 Å². The predicted octanol–water partition coefficient (Wildman–Crippen LogP) is 2.49. The Kier molecular flexibility index (Phi) is 3.66. The molecule has 0 heterocycles. The highest BCUT2D eigenvalue weighted by atomic mass is 35.5. The Morgan fingerprint density at radius 3 is 2.68 bits per heavy atom. The highest BCUT2D eigenvalue weighted by Crippen LogP contribution is 2.34. The fourth-order valence-electron chi connectivity index (χ4n) is 1.70. The summed E-state index contributed by atoms with van der Waals surface area (Å²) in [6.07, 6.45) is 1.82. The maximum absolute atomic E-state index is 12.2. The SMILES string of the molecule is CC1(NC(=O)N(CC(=O)O)c2cccc(Cl)c2)CC1. The summed E-state index contributed by atoms with van der Waals surface area (Å²) in [6.45, 7) is 1.53. The Hall–Kier alpha value is -1.75. The second kappa shape index (κ2) is 5.09. The number of carbonyl (C=O) groups excluding carboxylic acids is 1. The Bertz CT molecular complexity index is 514. The third-order valence-corrected chi connectivity index (χ3v) is 3.30. The maximum atomic E-state index is 12.2. The number of halogens is 1. The number of hydrogen-bond donors (Lipinski definition) is 2. The van der Waals surface area contributed by atoms with Crippen LogP contribution in [0.3, 0.4) is 0 Å². The van der Waals surface area contributed by atoms with E-state index < -0.39 is 18.5 Å². The van der Waals surface area contributed by atoms with Gasteiger partial charge in [-0.2, -0.15) is 0 Å². The fraction of sp³-hybridized carbons (Fsp3) is 0.385. The molecule has 1 fully saturated rings. The standard InChI is InChI=1S/C13H15ClN2O3/c1-13(5-6-13)15-12(19)16(8-11(17)18)10-4-2-3-9(14)7-10/h2-4,7H,5-6,8H2,1H3,(H,15,19)(H,17,18). The van der Waals surface area contributed by atoms with E-state index in [4.69, 9.17) is 16.7 Å². The van der Waals surface area contributed by atoms with E-state index in [2.05, 4.69) is 5.32 Å². The van der Waals surface area contributed by atoms with Crippen molar-refractivity contribution >= 4 is 29.3 Å². The zero-order valence-electron chi connectivity index (χ0n) is 10.5. The number of rotatable bonds is 4. The average Bonchev–Trinajstić information content (AvgIpc) is 3.03. The Morgan fingerprint density at radius 2 is 2.16 bits per heavy atom. The summed E-state index contributed by atoms with van der Waals surface area (Å²) in [5.41, 5.74) is 0.267. The molecule has 19 heavy (non-hydrogen) atoms. The maximum Gasteiger partial charge on any atom is 0.323 e. The van der Waals surface area contributed by atoms with Crippen molar-refractivity contribution in [3.63, 3.8) is 0 Å². The lowest BCUT2D eigenvalue weighted by Gasteiger charge is -2.23. The molecule has 0 radical (unpaired) electrons. The molecular weight excluding hydrogens is 268 g/mol. The lowest BCUT2D eigenvalue weighted by atomic mass is 10.3. The van der Waals surface area contributed by atoms with E-state index in [9.17, 15) is 9.59 Å². The first-order valence-corrected chi connectivity index (χ1v) is 6.34. The van der Waals surface area contributed by atoms with E-state index >= 15 is 0 Å². The summed E-state index contributed by atoms with van der Waals surface area (Å²) in [7, 11) is 0. The van der Waals surface area contributed by atoms with Crippen molar-refractivity contribution in [1.82, 2.24) is 5.32 Å². The quantitative estimate of drug-likeness (QED) is 0.891. The van der Waals surface area contributed by atoms with Crippen molar-refractivity contribution in [2.75, 3.05) is 11.4 Å². The largest absolute Gasteiger partial charge is 0.480 e. The van der Waals surface area contributed by atoms with Gasteiger partial charge in [0.15, 0.2) is 0 Å². The van der Waals surface area contributed by atoms with Gasteiger partial charge in [0.25, 0.3) is 0 Å². The van der Waals surface area contributed by atoms with Gasteiger partial charge in [-0.05, 0) is 38.0 Å². The summed E-state index contributed by atoms with van der Waals surface area (Å²) in [5, 5.41) is 12.2. The first-order chi connectivity index (χ1) is 8.89. The number of anilines is 1. The number of nitrogens with one attached hydrogen (secondary N) is 1. The summed E-state index contributed by atoms with van der Waals surface area (Å²) >= 11 is 5.87. The minimum Gasteiger partial charge on any atom is -0.480 e. The molecule has 2 N–H and O–H groups in total. The Labute approximate surface area is 116 Å². The number of carboxylic acid groups (broad SMARTS) is 1. The smallest absolute Gasteiger partial charge is 0.323 e. The normalized spacial score (nSPS) is 15.7. The molecule has 0 atom stereocenters. The Balaban J connectivity index is 2.19. The molecule has 6 heteroatoms. The van der Waals surface area contributed by atoms with Crippen LogP contribution in [0.5, 0.6) is 0 Å². The molecule has 102 valence electrons. The molecule has 1 aromatic carbocycles. The van der Waals surface area contributed by atoms with Gasteiger partial charge >= 0.3 is 12.0 Å². The number of aliphatic carboxylic acids is 1. The molecule has 2 amide bonds. The summed E-state index contributed by atoms with van der Waals surface area (Å²) in [4.78, 5) is 24.2. The molecule has 1 aliphatic rings. The van der Waals surface area contributed by atoms with Gasteiger partial charge in [-0.3, -0.25) is 9.69 Å². The van der Waals surface area contributed by atoms with Gasteiger partial charge in [0, 0.05) is 16.2 Å². The third-order valence-electron chi connectivity index (χ3n) is 3.07. The van der Waals surface area contributed by atoms with Crippen LogP contribution in [0, 0.1) is 0 Å². The summed E-state index contributed by atoms with van der Waals surface area (Å²) < 4.78 is 0. The molecule has 0 aromatic heterocycles. The van der Waals surface area contributed by atoms with Crippen LogP contribution in [0.25, 0.3) is 0 Å². The number of benzene rings is 1. The van der Waals surface area contributed by atoms with Gasteiger partial charge in [-0.25, -0.2) is 4.79 Å². The second-order valence-corrected chi connectivity index (χ2v) is 5.39. The van der Waals surface area contributed by atoms with Crippen LogP contribution in [0.2, 0.25) is 5.02 Å². The van der Waals surface area contributed by atoms with Gasteiger partial charge in [0.05, 0.1) is 0 Å². The van der Waals surface area contributed by atoms with Gasteiger partial charge in [0.2, 0.25) is 0 Å². The van der Waals surface area contributed by atoms with Gasteiger partial charge in [-0.15, -0.1) is 0 Å². The molecule has 0 aliphatic heterocycles. The second-order valence-electron chi connectivity index (χ2n) is 4.95. The molecule has 5 nitrogen and oxygen atoms in total. The van der Waals surface area contributed by atoms with E-state index in [1.165, 1.54) is 4.90 Å². The molecule has 0 unspecified atom stereocenters. The summed E-state index contributed by atoms with van der Waals surface area (Å²) in [6, 6.07) is 6.16. The van der Waals surface area contributed by atoms with E-state index in [0.717, 1.165) is 12.8 Å². The van der Waals surface area contributed by atoms with Crippen LogP contribution < -0.4 is 10.2 Å². The highest BCUT2D eigenvalue weighted by molar-refractivity contribution is 6.30. The molecule has 1 saturated carbocycles. The molecule has 1 aliphatic carbocycles. The van der Waals surface area contributed by atoms with Crippen molar-refractivity contribution in [3.05, 3.63) is 29.3 Å². The Morgan fingerprint density at radius 1 is 1.47 bits per heavy atom. The van der Waals surface area contributed by atoms with Crippen LogP contribution in [0.1, 0.15) is 19.8 Å². The first kappa shape index (κ1) is 13.7. The third kappa shape index (κ3) is 3.61. The zero-order chi connectivity index (χ0) is 14.0. The van der Waals surface area contributed by atoms with Crippen LogP contribution in [0.4, 0.5) is 10.5 Å². The molecule has 0 saturated heterocycles. The van der Waals surface area contributed by atoms with Crippen LogP contribution in [-0.2, 0) is 4.79 Å². The average molecular weight is 283 g/mol. The number of carbonyl (C=O) groups is 2. The first-order valence-electron chi connectivity index (χ1n) is 5.97. The van der Waals surface area contributed by atoms with E-state index in [0.29, 0.717) is 10.7 Å². The van der Waals surface area contributed by atoms with Gasteiger partial charge in [0.1, 0.15) is 6.54 Å². The van der Waals surface area contributed by atoms with E-state index in [1.807, 2.05) is 6.92 Å². The minimum atomic E-state index is -1.07. The zero-order valence-corrected chi connectivity index (χ0v) is 11.3. The molecule has 0 spiro atoms. The van der Waals surface area contributed by atoms with Crippen molar-refractivity contribution < 1.29 is 14.7 Å². The lowest BCUT2D eigenvalue weighted by molar-refractivity contribution is -0.135. The van der Waals surface area contributed by atoms with Crippen LogP contribution in [-0.4, -0.2) is 29.2 Å². The van der Waals surface area contributed by atoms with Crippen molar-refractivity contribution in [3.8, 4) is 0 Å². The number of amides is 2. The molecular formula is C13H15ClN2O3. The summed E-state index contributed by atoms with van der Waals surface area (Å²) in [5.74, 6) is -1.07. The number of urea groups is 1. The van der Waals surface area contributed by atoms with E-state index in [-0.39, 0.29) is 5.54 Å². The fourth-order valence-corrected chi connectivity index (χ4v) is 1.88. The van der Waals surface area contributed by atoms with Gasteiger partial charge in [-0.1, -0.05) is 17.7 Å². The highest BCUT2D eigenvalue weighted by Gasteiger charge is 2.40. The monoisotopic (exact) mass is 282 g/mol. The van der Waals surface area contributed by atoms with Crippen LogP contribution in [0.15, 0.2) is 24.3 Å². The van der Waals surface area contributed by atoms with E-state index in [1.54, 1.807) is 24.3 Å². The topological polar surface area (TPSA) is 69.6 Å².